The summed E-state index contributed by atoms with van der Waals surface area (Å²) in [5, 5.41) is 24.8. The van der Waals surface area contributed by atoms with Crippen LogP contribution in [0.1, 0.15) is 6.42 Å². The maximum atomic E-state index is 9.63. The predicted octanol–water partition coefficient (Wildman–Crippen LogP) is -0.350. The summed E-state index contributed by atoms with van der Waals surface area (Å²) in [7, 11) is 0. The largest absolute Gasteiger partial charge is 0.762 e. The van der Waals surface area contributed by atoms with E-state index in [1.165, 1.54) is 0 Å². The Bertz CT molecular complexity index is 81.4. The quantitative estimate of drug-likeness (QED) is 0.497. The van der Waals surface area contributed by atoms with Gasteiger partial charge >= 0.3 is 5.97 Å². The van der Waals surface area contributed by atoms with Crippen LogP contribution in [0.2, 0.25) is 0 Å². The zero-order chi connectivity index (χ0) is 6.57. The smallest absolute Gasteiger partial charge is 0.304 e. The fourth-order valence-corrected chi connectivity index (χ4v) is 0.191. The second-order valence-electron chi connectivity index (χ2n) is 1.22. The molecule has 0 amide bonds. The minimum Gasteiger partial charge on any atom is -0.762 e. The molecule has 0 unspecified atom stereocenters. The third-order valence-electron chi connectivity index (χ3n) is 0.517. The molecule has 0 atom stereocenters. The Hall–Kier alpha value is -0.650. The summed E-state index contributed by atoms with van der Waals surface area (Å²) in [4.78, 5) is 9.63. The zero-order valence-electron chi connectivity index (χ0n) is 4.07. The lowest BCUT2D eigenvalue weighted by atomic mass is 10.4. The van der Waals surface area contributed by atoms with Crippen LogP contribution in [0.3, 0.4) is 0 Å². The Morgan fingerprint density at radius 3 is 2.38 bits per heavy atom. The average molecular weight is 120 g/mol. The van der Waals surface area contributed by atoms with E-state index in [0.29, 0.717) is 0 Å². The number of aliphatic carboxylic acids is 1. The van der Waals surface area contributed by atoms with E-state index in [4.69, 9.17) is 10.3 Å². The highest BCUT2D eigenvalue weighted by Gasteiger charge is 1.93. The molecule has 0 bridgehead atoms. The van der Waals surface area contributed by atoms with E-state index in [-0.39, 0.29) is 13.0 Å². The van der Waals surface area contributed by atoms with Gasteiger partial charge in [-0.3, -0.25) is 10.0 Å². The predicted molar refractivity (Wildman–Crippen MR) is 24.1 cm³/mol. The second-order valence-corrected chi connectivity index (χ2v) is 1.22. The lowest BCUT2D eigenvalue weighted by Crippen LogP contribution is -2.14. The maximum Gasteiger partial charge on any atom is 0.304 e. The minimum atomic E-state index is -1.10. The van der Waals surface area contributed by atoms with Crippen molar-refractivity contribution in [2.45, 2.75) is 6.42 Å². The Morgan fingerprint density at radius 1 is 1.75 bits per heavy atom. The van der Waals surface area contributed by atoms with Crippen LogP contribution in [-0.2, 0) is 4.79 Å². The normalized spacial score (nSPS) is 9.88. The average Bonchev–Trinajstić information content (AvgIpc) is 1.61. The fourth-order valence-electron chi connectivity index (χ4n) is 0.191. The van der Waals surface area contributed by atoms with E-state index >= 15 is 0 Å². The fraction of sp³-hybridized carbons (Fsp3) is 0.667. The number of hydrogen-bond acceptors (Lipinski definition) is 4. The van der Waals surface area contributed by atoms with Crippen molar-refractivity contribution in [2.75, 3.05) is 6.54 Å². The topological polar surface area (TPSA) is 83.8 Å². The molecule has 0 rings (SSSR count). The highest BCUT2D eigenvalue weighted by molar-refractivity contribution is 5.66. The minimum absolute atomic E-state index is 0.333. The summed E-state index contributed by atoms with van der Waals surface area (Å²) < 4.78 is 0. The van der Waals surface area contributed by atoms with Crippen LogP contribution in [0.25, 0.3) is 0 Å². The molecule has 2 N–H and O–H groups in total. The number of carbonyl (C=O) groups is 1. The number of hydrogen-bond donors (Lipinski definition) is 2. The van der Waals surface area contributed by atoms with Crippen molar-refractivity contribution in [1.82, 2.24) is 5.23 Å². The number of carboxylic acids is 1. The van der Waals surface area contributed by atoms with E-state index in [0.717, 1.165) is 0 Å². The standard InChI is InChI=1S/C3H6NO4/c5-3(6)1-2-4(7)8/h7H,1-2H2,(H,5,6)/q-1. The van der Waals surface area contributed by atoms with Crippen LogP contribution in [0.5, 0.6) is 0 Å². The van der Waals surface area contributed by atoms with Gasteiger partial charge in [-0.05, 0) is 0 Å². The molecule has 0 aliphatic heterocycles. The Labute approximate surface area is 45.7 Å². The molecule has 48 valence electrons. The Morgan fingerprint density at radius 2 is 2.25 bits per heavy atom. The van der Waals surface area contributed by atoms with Gasteiger partial charge in [-0.2, -0.15) is 0 Å². The molecule has 5 nitrogen and oxygen atoms in total. The van der Waals surface area contributed by atoms with Gasteiger partial charge in [-0.25, -0.2) is 0 Å². The number of hydroxylamine groups is 2. The van der Waals surface area contributed by atoms with Crippen molar-refractivity contribution >= 4 is 5.97 Å². The van der Waals surface area contributed by atoms with Crippen molar-refractivity contribution in [1.29, 1.82) is 0 Å². The van der Waals surface area contributed by atoms with Crippen LogP contribution in [0.4, 0.5) is 0 Å². The van der Waals surface area contributed by atoms with Crippen molar-refractivity contribution < 1.29 is 15.1 Å². The molecule has 0 saturated carbocycles. The Kier molecular flexibility index (Phi) is 3.09. The molecule has 0 aromatic heterocycles. The number of rotatable bonds is 3. The van der Waals surface area contributed by atoms with Crippen LogP contribution >= 0.6 is 0 Å². The van der Waals surface area contributed by atoms with Gasteiger partial charge in [0.05, 0.1) is 6.42 Å². The first-order valence-corrected chi connectivity index (χ1v) is 1.98. The Balaban J connectivity index is 3.05. The van der Waals surface area contributed by atoms with Crippen LogP contribution in [-0.4, -0.2) is 28.1 Å². The first-order valence-electron chi connectivity index (χ1n) is 1.98. The van der Waals surface area contributed by atoms with E-state index < -0.39 is 11.2 Å². The molecule has 5 heteroatoms. The zero-order valence-corrected chi connectivity index (χ0v) is 4.07. The molecule has 0 radical (unpaired) electrons. The molecule has 0 heterocycles. The molecule has 0 aliphatic carbocycles. The summed E-state index contributed by atoms with van der Waals surface area (Å²) in [5.74, 6) is -1.10. The summed E-state index contributed by atoms with van der Waals surface area (Å²) in [5.41, 5.74) is 0. The molecule has 0 fully saturated rings. The van der Waals surface area contributed by atoms with Crippen molar-refractivity contribution in [3.8, 4) is 0 Å². The van der Waals surface area contributed by atoms with E-state index in [2.05, 4.69) is 0 Å². The first kappa shape index (κ1) is 7.35. The summed E-state index contributed by atoms with van der Waals surface area (Å²) >= 11 is 0. The van der Waals surface area contributed by atoms with Crippen LogP contribution < -0.4 is 0 Å². The molecule has 0 aliphatic rings. The number of carboxylic acid groups (broad SMARTS) is 1. The second kappa shape index (κ2) is 3.36. The lowest BCUT2D eigenvalue weighted by Gasteiger charge is -2.16. The molecule has 0 aromatic rings. The van der Waals surface area contributed by atoms with Gasteiger partial charge in [0, 0.05) is 6.54 Å². The van der Waals surface area contributed by atoms with E-state index in [1.807, 2.05) is 0 Å². The van der Waals surface area contributed by atoms with Gasteiger partial charge in [0.15, 0.2) is 0 Å². The summed E-state index contributed by atoms with van der Waals surface area (Å²) in [6.45, 7) is -0.380. The van der Waals surface area contributed by atoms with Gasteiger partial charge in [-0.15, -0.1) is 0 Å². The summed E-state index contributed by atoms with van der Waals surface area (Å²) in [6, 6.07) is 0. The molecular formula is C3H6NO4-. The number of nitrogens with zero attached hydrogens (tertiary/aromatic N) is 1. The van der Waals surface area contributed by atoms with Crippen LogP contribution in [0, 0.1) is 5.21 Å². The SMILES string of the molecule is O=C(O)CCN([O-])O. The highest BCUT2D eigenvalue weighted by Crippen LogP contribution is 1.81. The third-order valence-corrected chi connectivity index (χ3v) is 0.517. The first-order chi connectivity index (χ1) is 3.63. The van der Waals surface area contributed by atoms with E-state index in [9.17, 15) is 10.0 Å². The summed E-state index contributed by atoms with van der Waals surface area (Å²) in [6.07, 6.45) is -0.333. The molecule has 0 spiro atoms. The third kappa shape index (κ3) is 5.35. The van der Waals surface area contributed by atoms with Gasteiger partial charge in [0.25, 0.3) is 0 Å². The molecular weight excluding hydrogens is 114 g/mol. The van der Waals surface area contributed by atoms with Crippen molar-refractivity contribution in [3.05, 3.63) is 5.21 Å². The van der Waals surface area contributed by atoms with Crippen molar-refractivity contribution in [3.63, 3.8) is 0 Å². The molecule has 0 saturated heterocycles. The van der Waals surface area contributed by atoms with Gasteiger partial charge < -0.3 is 15.5 Å². The van der Waals surface area contributed by atoms with E-state index in [1.54, 1.807) is 0 Å². The van der Waals surface area contributed by atoms with Crippen LogP contribution in [0.15, 0.2) is 0 Å². The molecule has 8 heavy (non-hydrogen) atoms. The van der Waals surface area contributed by atoms with Gasteiger partial charge in [-0.1, -0.05) is 0 Å². The monoisotopic (exact) mass is 120 g/mol. The lowest BCUT2D eigenvalue weighted by molar-refractivity contribution is -0.139. The maximum absolute atomic E-state index is 9.63. The van der Waals surface area contributed by atoms with Crippen molar-refractivity contribution in [2.24, 2.45) is 0 Å². The van der Waals surface area contributed by atoms with Gasteiger partial charge in [0.2, 0.25) is 0 Å². The van der Waals surface area contributed by atoms with Gasteiger partial charge in [0.1, 0.15) is 0 Å². The highest BCUT2D eigenvalue weighted by atomic mass is 16.8. The molecule has 0 aromatic carbocycles.